The van der Waals surface area contributed by atoms with Crippen LogP contribution in [0.5, 0.6) is 0 Å². The Hall–Kier alpha value is -2.41. The molecule has 0 unspecified atom stereocenters. The second-order valence-electron chi connectivity index (χ2n) is 4.25. The van der Waals surface area contributed by atoms with Gasteiger partial charge in [-0.2, -0.15) is 4.98 Å². The number of anilines is 3. The van der Waals surface area contributed by atoms with Gasteiger partial charge in [0.1, 0.15) is 5.69 Å². The minimum Gasteiger partial charge on any atom is -0.354 e. The summed E-state index contributed by atoms with van der Waals surface area (Å²) < 4.78 is 0. The molecular formula is C13H14ClN5O2. The fraction of sp³-hybridized carbons (Fsp3) is 0.231. The van der Waals surface area contributed by atoms with Crippen LogP contribution in [0.15, 0.2) is 24.3 Å². The van der Waals surface area contributed by atoms with Gasteiger partial charge in [-0.1, -0.05) is 17.7 Å². The summed E-state index contributed by atoms with van der Waals surface area (Å²) in [6.45, 7) is 4.09. The molecule has 0 atom stereocenters. The maximum atomic E-state index is 11.2. The average molecular weight is 308 g/mol. The van der Waals surface area contributed by atoms with E-state index in [1.165, 1.54) is 0 Å². The number of halogens is 1. The van der Waals surface area contributed by atoms with Crippen molar-refractivity contribution in [2.24, 2.45) is 0 Å². The third kappa shape index (κ3) is 3.57. The van der Waals surface area contributed by atoms with Crippen molar-refractivity contribution in [1.29, 1.82) is 0 Å². The largest absolute Gasteiger partial charge is 0.354 e. The fourth-order valence-corrected chi connectivity index (χ4v) is 2.00. The van der Waals surface area contributed by atoms with E-state index in [0.29, 0.717) is 23.2 Å². The van der Waals surface area contributed by atoms with Crippen molar-refractivity contribution in [1.82, 2.24) is 9.97 Å². The van der Waals surface area contributed by atoms with Gasteiger partial charge in [0.05, 0.1) is 4.92 Å². The van der Waals surface area contributed by atoms with Crippen LogP contribution in [0.2, 0.25) is 5.02 Å². The highest BCUT2D eigenvalue weighted by Crippen LogP contribution is 2.29. The zero-order valence-corrected chi connectivity index (χ0v) is 12.3. The van der Waals surface area contributed by atoms with E-state index in [-0.39, 0.29) is 17.2 Å². The molecule has 8 heteroatoms. The Morgan fingerprint density at radius 2 is 2.14 bits per heavy atom. The lowest BCUT2D eigenvalue weighted by molar-refractivity contribution is -0.385. The van der Waals surface area contributed by atoms with Gasteiger partial charge < -0.3 is 10.6 Å². The highest BCUT2D eigenvalue weighted by Gasteiger charge is 2.22. The van der Waals surface area contributed by atoms with Gasteiger partial charge in [0.15, 0.2) is 0 Å². The SMILES string of the molecule is CCNc1nc(C)c([N+](=O)[O-])c(Nc2cccc(Cl)c2)n1. The molecule has 0 saturated carbocycles. The van der Waals surface area contributed by atoms with Crippen LogP contribution in [0.1, 0.15) is 12.6 Å². The molecule has 0 aliphatic carbocycles. The van der Waals surface area contributed by atoms with Crippen LogP contribution < -0.4 is 10.6 Å². The van der Waals surface area contributed by atoms with Crippen LogP contribution >= 0.6 is 11.6 Å². The molecule has 2 N–H and O–H groups in total. The molecule has 0 saturated heterocycles. The lowest BCUT2D eigenvalue weighted by Gasteiger charge is -2.10. The summed E-state index contributed by atoms with van der Waals surface area (Å²) >= 11 is 5.91. The van der Waals surface area contributed by atoms with Crippen LogP contribution in [0.4, 0.5) is 23.1 Å². The number of aryl methyl sites for hydroxylation is 1. The zero-order chi connectivity index (χ0) is 15.4. The molecule has 0 aliphatic rings. The number of nitrogens with one attached hydrogen (secondary N) is 2. The number of nitrogens with zero attached hydrogens (tertiary/aromatic N) is 3. The van der Waals surface area contributed by atoms with E-state index in [1.54, 1.807) is 31.2 Å². The van der Waals surface area contributed by atoms with Gasteiger partial charge in [0.25, 0.3) is 0 Å². The number of benzene rings is 1. The van der Waals surface area contributed by atoms with Gasteiger partial charge in [0.2, 0.25) is 11.8 Å². The summed E-state index contributed by atoms with van der Waals surface area (Å²) in [5.74, 6) is 0.468. The molecular weight excluding hydrogens is 294 g/mol. The smallest absolute Gasteiger partial charge is 0.332 e. The van der Waals surface area contributed by atoms with E-state index in [9.17, 15) is 10.1 Å². The van der Waals surface area contributed by atoms with E-state index >= 15 is 0 Å². The third-order valence-electron chi connectivity index (χ3n) is 2.66. The maximum absolute atomic E-state index is 11.2. The van der Waals surface area contributed by atoms with E-state index in [1.807, 2.05) is 6.92 Å². The maximum Gasteiger partial charge on any atom is 0.332 e. The van der Waals surface area contributed by atoms with Crippen LogP contribution in [0.25, 0.3) is 0 Å². The van der Waals surface area contributed by atoms with Gasteiger partial charge in [0, 0.05) is 17.3 Å². The molecule has 0 amide bonds. The first-order valence-electron chi connectivity index (χ1n) is 6.30. The normalized spacial score (nSPS) is 10.2. The molecule has 0 aliphatic heterocycles. The minimum atomic E-state index is -0.502. The van der Waals surface area contributed by atoms with Crippen LogP contribution in [-0.2, 0) is 0 Å². The average Bonchev–Trinajstić information content (AvgIpc) is 2.38. The van der Waals surface area contributed by atoms with Crippen molar-refractivity contribution < 1.29 is 4.92 Å². The minimum absolute atomic E-state index is 0.130. The highest BCUT2D eigenvalue weighted by molar-refractivity contribution is 6.30. The fourth-order valence-electron chi connectivity index (χ4n) is 1.81. The molecule has 0 bridgehead atoms. The predicted molar refractivity (Wildman–Crippen MR) is 82.3 cm³/mol. The first-order valence-corrected chi connectivity index (χ1v) is 6.68. The monoisotopic (exact) mass is 307 g/mol. The molecule has 0 radical (unpaired) electrons. The van der Waals surface area contributed by atoms with Gasteiger partial charge in [-0.25, -0.2) is 4.98 Å². The number of aromatic nitrogens is 2. The lowest BCUT2D eigenvalue weighted by atomic mass is 10.3. The van der Waals surface area contributed by atoms with Gasteiger partial charge in [-0.15, -0.1) is 0 Å². The molecule has 21 heavy (non-hydrogen) atoms. The summed E-state index contributed by atoms with van der Waals surface area (Å²) in [5, 5.41) is 17.6. The third-order valence-corrected chi connectivity index (χ3v) is 2.90. The van der Waals surface area contributed by atoms with Crippen molar-refractivity contribution in [2.45, 2.75) is 13.8 Å². The molecule has 2 rings (SSSR count). The first kappa shape index (κ1) is 15.0. The van der Waals surface area contributed by atoms with Gasteiger partial charge in [-0.3, -0.25) is 10.1 Å². The van der Waals surface area contributed by atoms with Gasteiger partial charge in [-0.05, 0) is 32.0 Å². The molecule has 2 aromatic rings. The zero-order valence-electron chi connectivity index (χ0n) is 11.6. The Morgan fingerprint density at radius 1 is 1.38 bits per heavy atom. The van der Waals surface area contributed by atoms with Crippen molar-refractivity contribution in [3.05, 3.63) is 45.1 Å². The first-order chi connectivity index (χ1) is 10.0. The number of nitro groups is 1. The summed E-state index contributed by atoms with van der Waals surface area (Å²) in [7, 11) is 0. The van der Waals surface area contributed by atoms with Crippen LogP contribution in [0, 0.1) is 17.0 Å². The van der Waals surface area contributed by atoms with Crippen molar-refractivity contribution in [3.8, 4) is 0 Å². The molecule has 0 spiro atoms. The van der Waals surface area contributed by atoms with Crippen molar-refractivity contribution >= 4 is 34.7 Å². The summed E-state index contributed by atoms with van der Waals surface area (Å²) in [6.07, 6.45) is 0. The Bertz CT molecular complexity index is 678. The number of hydrogen-bond acceptors (Lipinski definition) is 6. The highest BCUT2D eigenvalue weighted by atomic mass is 35.5. The molecule has 1 heterocycles. The van der Waals surface area contributed by atoms with E-state index in [2.05, 4.69) is 20.6 Å². The number of rotatable bonds is 5. The Balaban J connectivity index is 2.46. The standard InChI is InChI=1S/C13H14ClN5O2/c1-3-15-13-16-8(2)11(19(20)21)12(18-13)17-10-6-4-5-9(14)7-10/h4-7H,3H2,1-2H3,(H2,15,16,17,18). The second kappa shape index (κ2) is 6.36. The Morgan fingerprint density at radius 3 is 2.76 bits per heavy atom. The summed E-state index contributed by atoms with van der Waals surface area (Å²) in [5.41, 5.74) is 0.748. The Labute approximate surface area is 126 Å². The lowest BCUT2D eigenvalue weighted by Crippen LogP contribution is -2.09. The van der Waals surface area contributed by atoms with Crippen molar-refractivity contribution in [2.75, 3.05) is 17.2 Å². The molecule has 7 nitrogen and oxygen atoms in total. The van der Waals surface area contributed by atoms with Crippen LogP contribution in [0.3, 0.4) is 0 Å². The van der Waals surface area contributed by atoms with E-state index in [4.69, 9.17) is 11.6 Å². The molecule has 1 aromatic carbocycles. The topological polar surface area (TPSA) is 93.0 Å². The molecule has 1 aromatic heterocycles. The summed E-state index contributed by atoms with van der Waals surface area (Å²) in [4.78, 5) is 18.9. The van der Waals surface area contributed by atoms with E-state index in [0.717, 1.165) is 0 Å². The van der Waals surface area contributed by atoms with E-state index < -0.39 is 4.92 Å². The molecule has 110 valence electrons. The summed E-state index contributed by atoms with van der Waals surface area (Å²) in [6, 6.07) is 6.88. The quantitative estimate of drug-likeness (QED) is 0.648. The predicted octanol–water partition coefficient (Wildman–Crippen LogP) is 3.52. The second-order valence-corrected chi connectivity index (χ2v) is 4.69. The van der Waals surface area contributed by atoms with Crippen molar-refractivity contribution in [3.63, 3.8) is 0 Å². The van der Waals surface area contributed by atoms with Gasteiger partial charge >= 0.3 is 5.69 Å². The molecule has 0 fully saturated rings. The Kier molecular flexibility index (Phi) is 4.54. The number of hydrogen-bond donors (Lipinski definition) is 2. The van der Waals surface area contributed by atoms with Crippen LogP contribution in [-0.4, -0.2) is 21.4 Å².